The van der Waals surface area contributed by atoms with Crippen LogP contribution in [0.3, 0.4) is 0 Å². The lowest BCUT2D eigenvalue weighted by atomic mass is 9.96. The summed E-state index contributed by atoms with van der Waals surface area (Å²) in [4.78, 5) is 19.6. The van der Waals surface area contributed by atoms with E-state index in [2.05, 4.69) is 15.2 Å². The molecule has 3 aromatic carbocycles. The smallest absolute Gasteiger partial charge is 0.416 e. The summed E-state index contributed by atoms with van der Waals surface area (Å²) in [7, 11) is 0. The number of anilines is 1. The minimum absolute atomic E-state index is 0.0291. The molecular formula is C28H21F3N4O2S. The molecule has 0 bridgehead atoms. The van der Waals surface area contributed by atoms with Crippen LogP contribution >= 0.6 is 11.3 Å². The van der Waals surface area contributed by atoms with Crippen molar-refractivity contribution in [1.29, 1.82) is 0 Å². The molecule has 6 rings (SSSR count). The summed E-state index contributed by atoms with van der Waals surface area (Å²) in [6, 6.07) is 21.1. The van der Waals surface area contributed by atoms with Crippen molar-refractivity contribution in [3.63, 3.8) is 0 Å². The summed E-state index contributed by atoms with van der Waals surface area (Å²) in [5.41, 5.74) is 2.94. The van der Waals surface area contributed by atoms with Gasteiger partial charge in [0.05, 0.1) is 15.8 Å². The van der Waals surface area contributed by atoms with E-state index in [1.54, 1.807) is 0 Å². The van der Waals surface area contributed by atoms with Gasteiger partial charge in [-0.3, -0.25) is 4.79 Å². The Morgan fingerprint density at radius 2 is 1.66 bits per heavy atom. The van der Waals surface area contributed by atoms with Crippen LogP contribution in [0.5, 0.6) is 0 Å². The maximum Gasteiger partial charge on any atom is 0.416 e. The molecule has 1 aliphatic heterocycles. The van der Waals surface area contributed by atoms with E-state index >= 15 is 0 Å². The first-order valence-corrected chi connectivity index (χ1v) is 12.9. The van der Waals surface area contributed by atoms with Crippen LogP contribution in [-0.4, -0.2) is 34.1 Å². The van der Waals surface area contributed by atoms with Crippen LogP contribution < -0.4 is 4.90 Å². The minimum atomic E-state index is -4.35. The van der Waals surface area contributed by atoms with Crippen LogP contribution in [0.2, 0.25) is 0 Å². The summed E-state index contributed by atoms with van der Waals surface area (Å²) in [5.74, 6) is -0.132. The number of hydrogen-bond donors (Lipinski definition) is 0. The number of nitrogens with zero attached hydrogens (tertiary/aromatic N) is 4. The zero-order valence-corrected chi connectivity index (χ0v) is 20.8. The topological polar surface area (TPSA) is 72.1 Å². The average molecular weight is 535 g/mol. The first kappa shape index (κ1) is 24.3. The second-order valence-electron chi connectivity index (χ2n) is 9.15. The quantitative estimate of drug-likeness (QED) is 0.227. The van der Waals surface area contributed by atoms with Gasteiger partial charge >= 0.3 is 6.18 Å². The zero-order valence-electron chi connectivity index (χ0n) is 20.0. The van der Waals surface area contributed by atoms with Gasteiger partial charge in [-0.15, -0.1) is 21.5 Å². The normalized spacial score (nSPS) is 14.8. The highest BCUT2D eigenvalue weighted by Gasteiger charge is 2.31. The summed E-state index contributed by atoms with van der Waals surface area (Å²) in [6.07, 6.45) is -2.99. The third kappa shape index (κ3) is 4.79. The van der Waals surface area contributed by atoms with Crippen LogP contribution in [0, 0.1) is 0 Å². The largest absolute Gasteiger partial charge is 0.418 e. The fraction of sp³-hybridized carbons (Fsp3) is 0.214. The van der Waals surface area contributed by atoms with Gasteiger partial charge in [0.1, 0.15) is 0 Å². The van der Waals surface area contributed by atoms with Gasteiger partial charge in [-0.1, -0.05) is 36.4 Å². The maximum atomic E-state index is 13.1. The number of carbonyl (C=O) groups excluding carboxylic acids is 1. The van der Waals surface area contributed by atoms with Crippen molar-refractivity contribution in [2.45, 2.75) is 24.9 Å². The highest BCUT2D eigenvalue weighted by Crippen LogP contribution is 2.34. The molecule has 3 heterocycles. The van der Waals surface area contributed by atoms with Crippen molar-refractivity contribution in [2.24, 2.45) is 0 Å². The number of fused-ring (bicyclic) bond motifs is 1. The molecular weight excluding hydrogens is 513 g/mol. The molecule has 0 aliphatic carbocycles. The van der Waals surface area contributed by atoms with Crippen molar-refractivity contribution in [3.8, 4) is 11.1 Å². The predicted octanol–water partition coefficient (Wildman–Crippen LogP) is 6.98. The van der Waals surface area contributed by atoms with E-state index < -0.39 is 17.5 Å². The molecule has 5 aromatic rings. The molecule has 0 saturated carbocycles. The summed E-state index contributed by atoms with van der Waals surface area (Å²) < 4.78 is 45.2. The number of ketones is 1. The second-order valence-corrected chi connectivity index (χ2v) is 10.2. The van der Waals surface area contributed by atoms with Crippen LogP contribution in [0.4, 0.5) is 18.9 Å². The molecule has 38 heavy (non-hydrogen) atoms. The van der Waals surface area contributed by atoms with Gasteiger partial charge in [-0.05, 0) is 60.4 Å². The Labute approximate surface area is 219 Å². The van der Waals surface area contributed by atoms with Gasteiger partial charge < -0.3 is 9.32 Å². The van der Waals surface area contributed by atoms with E-state index in [9.17, 15) is 18.0 Å². The fourth-order valence-electron chi connectivity index (χ4n) is 4.66. The number of piperidine rings is 1. The van der Waals surface area contributed by atoms with Crippen molar-refractivity contribution in [3.05, 3.63) is 95.1 Å². The van der Waals surface area contributed by atoms with Crippen LogP contribution in [0.15, 0.2) is 77.2 Å². The van der Waals surface area contributed by atoms with Crippen molar-refractivity contribution < 1.29 is 22.4 Å². The molecule has 0 atom stereocenters. The van der Waals surface area contributed by atoms with Crippen molar-refractivity contribution in [1.82, 2.24) is 15.2 Å². The SMILES string of the molecule is O=C(c1nnc(C2CCN(c3ccc(C(F)(F)F)cc3)CC2)o1)c1nc2ccc(-c3ccccc3)cc2s1. The molecule has 0 unspecified atom stereocenters. The van der Waals surface area contributed by atoms with Gasteiger partial charge in [0, 0.05) is 24.7 Å². The number of rotatable bonds is 5. The van der Waals surface area contributed by atoms with Crippen LogP contribution in [0.25, 0.3) is 21.3 Å². The van der Waals surface area contributed by atoms with E-state index in [1.807, 2.05) is 53.4 Å². The van der Waals surface area contributed by atoms with Crippen molar-refractivity contribution in [2.75, 3.05) is 18.0 Å². The Bertz CT molecular complexity index is 1590. The molecule has 1 fully saturated rings. The maximum absolute atomic E-state index is 13.1. The number of alkyl halides is 3. The van der Waals surface area contributed by atoms with E-state index in [0.29, 0.717) is 31.8 Å². The number of benzene rings is 3. The Balaban J connectivity index is 1.13. The lowest BCUT2D eigenvalue weighted by molar-refractivity contribution is -0.137. The Kier molecular flexibility index (Phi) is 6.19. The fourth-order valence-corrected chi connectivity index (χ4v) is 5.60. The average Bonchev–Trinajstić information content (AvgIpc) is 3.60. The summed E-state index contributed by atoms with van der Waals surface area (Å²) in [5, 5.41) is 8.41. The third-order valence-corrected chi connectivity index (χ3v) is 7.75. The van der Waals surface area contributed by atoms with E-state index in [0.717, 1.165) is 39.2 Å². The molecule has 0 amide bonds. The molecule has 2 aromatic heterocycles. The lowest BCUT2D eigenvalue weighted by Crippen LogP contribution is -2.33. The number of halogens is 3. The molecule has 6 nitrogen and oxygen atoms in total. The highest BCUT2D eigenvalue weighted by atomic mass is 32.1. The third-order valence-electron chi connectivity index (χ3n) is 6.73. The molecule has 192 valence electrons. The molecule has 0 spiro atoms. The molecule has 10 heteroatoms. The van der Waals surface area contributed by atoms with E-state index in [1.165, 1.54) is 23.5 Å². The number of aromatic nitrogens is 3. The minimum Gasteiger partial charge on any atom is -0.418 e. The number of carbonyl (C=O) groups is 1. The Morgan fingerprint density at radius 3 is 2.37 bits per heavy atom. The van der Waals surface area contributed by atoms with Gasteiger partial charge in [0.2, 0.25) is 5.89 Å². The van der Waals surface area contributed by atoms with Gasteiger partial charge in [0.25, 0.3) is 11.7 Å². The molecule has 1 aliphatic rings. The monoisotopic (exact) mass is 534 g/mol. The predicted molar refractivity (Wildman–Crippen MR) is 138 cm³/mol. The molecule has 1 saturated heterocycles. The van der Waals surface area contributed by atoms with Gasteiger partial charge in [-0.2, -0.15) is 13.2 Å². The summed E-state index contributed by atoms with van der Waals surface area (Å²) in [6.45, 7) is 1.26. The van der Waals surface area contributed by atoms with E-state index in [-0.39, 0.29) is 16.8 Å². The molecule has 0 N–H and O–H groups in total. The Hall–Kier alpha value is -4.05. The lowest BCUT2D eigenvalue weighted by Gasteiger charge is -2.32. The number of hydrogen-bond acceptors (Lipinski definition) is 7. The first-order valence-electron chi connectivity index (χ1n) is 12.1. The van der Waals surface area contributed by atoms with Gasteiger partial charge in [-0.25, -0.2) is 4.98 Å². The Morgan fingerprint density at radius 1 is 0.921 bits per heavy atom. The summed E-state index contributed by atoms with van der Waals surface area (Å²) >= 11 is 1.29. The molecule has 0 radical (unpaired) electrons. The standard InChI is InChI=1S/C28H21F3N4O2S/c29-28(30,31)20-7-9-21(10-8-20)35-14-12-18(13-15-35)25-33-34-26(37-25)24(36)27-32-22-11-6-19(16-23(22)38-27)17-4-2-1-3-5-17/h1-11,16,18H,12-15H2. The van der Waals surface area contributed by atoms with Crippen LogP contribution in [-0.2, 0) is 6.18 Å². The first-order chi connectivity index (χ1) is 18.3. The highest BCUT2D eigenvalue weighted by molar-refractivity contribution is 7.20. The zero-order chi connectivity index (χ0) is 26.3. The second kappa shape index (κ2) is 9.68. The van der Waals surface area contributed by atoms with Gasteiger partial charge in [0.15, 0.2) is 5.01 Å². The number of thiazole rings is 1. The van der Waals surface area contributed by atoms with Crippen molar-refractivity contribution >= 4 is 33.0 Å². The van der Waals surface area contributed by atoms with Crippen LogP contribution in [0.1, 0.15) is 45.9 Å². The van der Waals surface area contributed by atoms with E-state index in [4.69, 9.17) is 4.42 Å².